The maximum atomic E-state index is 4.17. The quantitative estimate of drug-likeness (QED) is 0.452. The van der Waals surface area contributed by atoms with Crippen LogP contribution in [0.4, 0.5) is 0 Å². The molecule has 2 aromatic carbocycles. The first-order chi connectivity index (χ1) is 12.7. The predicted octanol–water partition coefficient (Wildman–Crippen LogP) is 6.09. The van der Waals surface area contributed by atoms with Gasteiger partial charge in [-0.2, -0.15) is 0 Å². The van der Waals surface area contributed by atoms with E-state index in [1.165, 1.54) is 44.5 Å². The van der Waals surface area contributed by atoms with Gasteiger partial charge in [0.05, 0.1) is 0 Å². The fourth-order valence-corrected chi connectivity index (χ4v) is 3.33. The third-order valence-corrected chi connectivity index (χ3v) is 4.62. The Morgan fingerprint density at radius 3 is 1.23 bits per heavy atom. The maximum Gasteiger partial charge on any atom is 0.0273 e. The van der Waals surface area contributed by atoms with Crippen molar-refractivity contribution in [2.75, 3.05) is 0 Å². The summed E-state index contributed by atoms with van der Waals surface area (Å²) < 4.78 is 0. The molecule has 0 atom stereocenters. The number of hydrogen-bond acceptors (Lipinski definition) is 2. The van der Waals surface area contributed by atoms with Gasteiger partial charge >= 0.3 is 0 Å². The molecule has 2 heterocycles. The molecule has 0 fully saturated rings. The molecule has 26 heavy (non-hydrogen) atoms. The van der Waals surface area contributed by atoms with Crippen molar-refractivity contribution in [1.82, 2.24) is 9.97 Å². The average Bonchev–Trinajstić information content (AvgIpc) is 2.69. The first-order valence-electron chi connectivity index (χ1n) is 8.75. The molecule has 0 spiro atoms. The molecular weight excluding hydrogens is 316 g/mol. The number of pyridine rings is 2. The highest BCUT2D eigenvalue weighted by molar-refractivity contribution is 5.91. The van der Waals surface area contributed by atoms with E-state index in [1.54, 1.807) is 0 Å². The van der Waals surface area contributed by atoms with Crippen LogP contribution in [-0.4, -0.2) is 9.97 Å². The first-order valence-corrected chi connectivity index (χ1v) is 8.75. The van der Waals surface area contributed by atoms with Gasteiger partial charge in [-0.25, -0.2) is 0 Å². The Kier molecular flexibility index (Phi) is 4.32. The minimum Gasteiger partial charge on any atom is -0.265 e. The molecule has 126 valence electrons. The molecule has 0 N–H and O–H groups in total. The fourth-order valence-electron chi connectivity index (χ4n) is 3.33. The fraction of sp³-hybridized carbons (Fsp3) is 0.0833. The molecule has 4 rings (SSSR count). The number of aromatic nitrogens is 2. The molecule has 0 aliphatic heterocycles. The van der Waals surface area contributed by atoms with Crippen LogP contribution in [-0.2, 0) is 0 Å². The summed E-state index contributed by atoms with van der Waals surface area (Å²) in [5.74, 6) is 0. The largest absolute Gasteiger partial charge is 0.265 e. The van der Waals surface area contributed by atoms with Crippen LogP contribution < -0.4 is 0 Å². The minimum atomic E-state index is 1.18. The molecule has 0 radical (unpaired) electrons. The highest BCUT2D eigenvalue weighted by Gasteiger charge is 2.13. The zero-order valence-electron chi connectivity index (χ0n) is 15.0. The van der Waals surface area contributed by atoms with Gasteiger partial charge in [0.1, 0.15) is 0 Å². The number of hydrogen-bond donors (Lipinski definition) is 0. The lowest BCUT2D eigenvalue weighted by atomic mass is 9.88. The van der Waals surface area contributed by atoms with E-state index in [0.29, 0.717) is 0 Å². The maximum absolute atomic E-state index is 4.17. The second kappa shape index (κ2) is 6.93. The van der Waals surface area contributed by atoms with Gasteiger partial charge in [-0.05, 0) is 71.5 Å². The van der Waals surface area contributed by atoms with E-state index in [-0.39, 0.29) is 0 Å². The summed E-state index contributed by atoms with van der Waals surface area (Å²) in [6, 6.07) is 21.6. The summed E-state index contributed by atoms with van der Waals surface area (Å²) in [6.45, 7) is 4.26. The van der Waals surface area contributed by atoms with Gasteiger partial charge < -0.3 is 0 Å². The van der Waals surface area contributed by atoms with Gasteiger partial charge in [0, 0.05) is 24.8 Å². The van der Waals surface area contributed by atoms with E-state index in [2.05, 4.69) is 84.5 Å². The van der Waals surface area contributed by atoms with E-state index in [9.17, 15) is 0 Å². The summed E-state index contributed by atoms with van der Waals surface area (Å²) in [4.78, 5) is 8.33. The van der Waals surface area contributed by atoms with Gasteiger partial charge in [-0.3, -0.25) is 9.97 Å². The standard InChI is InChI=1S/C24H20N2/c1-17-3-5-21(23(15-17)19-7-11-25-12-8-19)22-6-4-18(2)16-24(22)20-9-13-26-14-10-20/h3-16H,1-2H3. The molecule has 0 saturated carbocycles. The Labute approximate surface area is 154 Å². The van der Waals surface area contributed by atoms with E-state index in [4.69, 9.17) is 0 Å². The van der Waals surface area contributed by atoms with Gasteiger partial charge in [-0.1, -0.05) is 47.5 Å². The van der Waals surface area contributed by atoms with E-state index < -0.39 is 0 Å². The SMILES string of the molecule is Cc1ccc(-c2ccc(C)cc2-c2ccncc2)c(-c2ccncc2)c1. The molecule has 2 heteroatoms. The summed E-state index contributed by atoms with van der Waals surface area (Å²) >= 11 is 0. The molecule has 0 amide bonds. The lowest BCUT2D eigenvalue weighted by Gasteiger charge is -2.16. The van der Waals surface area contributed by atoms with E-state index >= 15 is 0 Å². The molecule has 0 unspecified atom stereocenters. The zero-order chi connectivity index (χ0) is 17.9. The monoisotopic (exact) mass is 336 g/mol. The smallest absolute Gasteiger partial charge is 0.0273 e. The van der Waals surface area contributed by atoms with Gasteiger partial charge in [0.15, 0.2) is 0 Å². The number of aryl methyl sites for hydroxylation is 2. The molecule has 0 aliphatic carbocycles. The van der Waals surface area contributed by atoms with Crippen LogP contribution in [0.1, 0.15) is 11.1 Å². The van der Waals surface area contributed by atoms with Crippen molar-refractivity contribution in [3.8, 4) is 33.4 Å². The van der Waals surface area contributed by atoms with Crippen molar-refractivity contribution in [3.05, 3.63) is 96.6 Å². The van der Waals surface area contributed by atoms with Crippen LogP contribution >= 0.6 is 0 Å². The normalized spacial score (nSPS) is 10.7. The molecule has 2 aromatic heterocycles. The van der Waals surface area contributed by atoms with Crippen LogP contribution in [0.15, 0.2) is 85.5 Å². The Balaban J connectivity index is 1.98. The van der Waals surface area contributed by atoms with Gasteiger partial charge in [-0.15, -0.1) is 0 Å². The van der Waals surface area contributed by atoms with Crippen molar-refractivity contribution in [3.63, 3.8) is 0 Å². The van der Waals surface area contributed by atoms with Crippen molar-refractivity contribution >= 4 is 0 Å². The molecule has 2 nitrogen and oxygen atoms in total. The number of benzene rings is 2. The number of rotatable bonds is 3. The summed E-state index contributed by atoms with van der Waals surface area (Å²) in [5.41, 5.74) is 9.77. The third-order valence-electron chi connectivity index (χ3n) is 4.62. The highest BCUT2D eigenvalue weighted by atomic mass is 14.6. The predicted molar refractivity (Wildman–Crippen MR) is 108 cm³/mol. The summed E-state index contributed by atoms with van der Waals surface area (Å²) in [5, 5.41) is 0. The number of nitrogens with zero attached hydrogens (tertiary/aromatic N) is 2. The Hall–Kier alpha value is -3.26. The second-order valence-corrected chi connectivity index (χ2v) is 6.57. The molecule has 0 bridgehead atoms. The van der Waals surface area contributed by atoms with Crippen LogP contribution in [0.5, 0.6) is 0 Å². The third kappa shape index (κ3) is 3.14. The lowest BCUT2D eigenvalue weighted by molar-refractivity contribution is 1.32. The van der Waals surface area contributed by atoms with Crippen LogP contribution in [0.25, 0.3) is 33.4 Å². The highest BCUT2D eigenvalue weighted by Crippen LogP contribution is 2.38. The summed E-state index contributed by atoms with van der Waals surface area (Å²) in [7, 11) is 0. The molecule has 4 aromatic rings. The minimum absolute atomic E-state index is 1.18. The Morgan fingerprint density at radius 1 is 0.462 bits per heavy atom. The Morgan fingerprint density at radius 2 is 0.846 bits per heavy atom. The summed E-state index contributed by atoms with van der Waals surface area (Å²) in [6.07, 6.45) is 7.39. The van der Waals surface area contributed by atoms with E-state index in [0.717, 1.165) is 0 Å². The van der Waals surface area contributed by atoms with Crippen molar-refractivity contribution < 1.29 is 0 Å². The van der Waals surface area contributed by atoms with E-state index in [1.807, 2.05) is 24.8 Å². The molecular formula is C24H20N2. The molecule has 0 saturated heterocycles. The van der Waals surface area contributed by atoms with Gasteiger partial charge in [0.25, 0.3) is 0 Å². The average molecular weight is 336 g/mol. The molecule has 0 aliphatic rings. The van der Waals surface area contributed by atoms with Crippen molar-refractivity contribution in [1.29, 1.82) is 0 Å². The Bertz CT molecular complexity index is 951. The van der Waals surface area contributed by atoms with Crippen LogP contribution in [0, 0.1) is 13.8 Å². The lowest BCUT2D eigenvalue weighted by Crippen LogP contribution is -1.91. The van der Waals surface area contributed by atoms with Crippen LogP contribution in [0.3, 0.4) is 0 Å². The zero-order valence-corrected chi connectivity index (χ0v) is 15.0. The van der Waals surface area contributed by atoms with Crippen LogP contribution in [0.2, 0.25) is 0 Å². The first kappa shape index (κ1) is 16.2. The second-order valence-electron chi connectivity index (χ2n) is 6.57. The van der Waals surface area contributed by atoms with Crippen molar-refractivity contribution in [2.24, 2.45) is 0 Å². The van der Waals surface area contributed by atoms with Gasteiger partial charge in [0.2, 0.25) is 0 Å². The van der Waals surface area contributed by atoms with Crippen molar-refractivity contribution in [2.45, 2.75) is 13.8 Å². The topological polar surface area (TPSA) is 25.8 Å².